The van der Waals surface area contributed by atoms with E-state index in [1.54, 1.807) is 12.1 Å². The largest absolute Gasteiger partial charge is 0.469 e. The van der Waals surface area contributed by atoms with Crippen molar-refractivity contribution in [3.05, 3.63) is 33.1 Å². The molecule has 6 heteroatoms. The Morgan fingerprint density at radius 1 is 1.52 bits per heavy atom. The van der Waals surface area contributed by atoms with E-state index < -0.39 is 0 Å². The van der Waals surface area contributed by atoms with Gasteiger partial charge in [0.05, 0.1) is 13.0 Å². The molecule has 5 nitrogen and oxygen atoms in total. The van der Waals surface area contributed by atoms with Crippen molar-refractivity contribution in [2.24, 2.45) is 11.1 Å². The van der Waals surface area contributed by atoms with E-state index in [-0.39, 0.29) is 11.9 Å². The van der Waals surface area contributed by atoms with Crippen molar-refractivity contribution in [2.45, 2.75) is 32.4 Å². The third kappa shape index (κ3) is 4.35. The molecule has 2 rings (SSSR count). The first-order valence-corrected chi connectivity index (χ1v) is 7.78. The lowest BCUT2D eigenvalue weighted by molar-refractivity contribution is -0.145. The van der Waals surface area contributed by atoms with Gasteiger partial charge < -0.3 is 4.74 Å². The molecule has 1 aromatic rings. The molecule has 1 atom stereocenters. The summed E-state index contributed by atoms with van der Waals surface area (Å²) in [6.07, 6.45) is 2.26. The van der Waals surface area contributed by atoms with Gasteiger partial charge in [-0.25, -0.2) is 0 Å². The Kier molecular flexibility index (Phi) is 5.47. The molecule has 1 aromatic carbocycles. The molecule has 0 amide bonds. The summed E-state index contributed by atoms with van der Waals surface area (Å²) in [6, 6.07) is 5.91. The van der Waals surface area contributed by atoms with Crippen molar-refractivity contribution in [1.29, 1.82) is 0 Å². The Morgan fingerprint density at radius 3 is 2.81 bits per heavy atom. The molecule has 21 heavy (non-hydrogen) atoms. The van der Waals surface area contributed by atoms with Crippen LogP contribution < -0.4 is 0 Å². The van der Waals surface area contributed by atoms with Crippen molar-refractivity contribution < 1.29 is 9.53 Å². The van der Waals surface area contributed by atoms with Gasteiger partial charge in [-0.3, -0.25) is 9.69 Å². The highest BCUT2D eigenvalue weighted by Gasteiger charge is 2.31. The third-order valence-corrected chi connectivity index (χ3v) is 4.18. The lowest BCUT2D eigenvalue weighted by Gasteiger charge is -2.25. The summed E-state index contributed by atoms with van der Waals surface area (Å²) in [5, 5.41) is 3.09. The third-order valence-electron chi connectivity index (χ3n) is 3.69. The van der Waals surface area contributed by atoms with Crippen LogP contribution in [-0.2, 0) is 16.1 Å². The molecule has 1 saturated carbocycles. The predicted octanol–water partition coefficient (Wildman–Crippen LogP) is 3.62. The average Bonchev–Trinajstić information content (AvgIpc) is 3.30. The zero-order chi connectivity index (χ0) is 15.4. The Morgan fingerprint density at radius 2 is 2.24 bits per heavy atom. The highest BCUT2D eigenvalue weighted by Crippen LogP contribution is 2.32. The monoisotopic (exact) mass is 354 g/mol. The van der Waals surface area contributed by atoms with Crippen LogP contribution in [0.25, 0.3) is 0 Å². The number of carbonyl (C=O) groups is 1. The molecule has 1 aliphatic carbocycles. The van der Waals surface area contributed by atoms with Crippen molar-refractivity contribution in [2.75, 3.05) is 13.7 Å². The van der Waals surface area contributed by atoms with Gasteiger partial charge in [0.2, 0.25) is 0 Å². The fourth-order valence-corrected chi connectivity index (χ4v) is 2.81. The molecule has 0 heterocycles. The van der Waals surface area contributed by atoms with Gasteiger partial charge in [-0.05, 0) is 41.8 Å². The first kappa shape index (κ1) is 16.1. The zero-order valence-corrected chi connectivity index (χ0v) is 13.8. The Hall–Kier alpha value is -1.27. The van der Waals surface area contributed by atoms with Crippen molar-refractivity contribution in [3.63, 3.8) is 0 Å². The summed E-state index contributed by atoms with van der Waals surface area (Å²) in [6.45, 7) is 3.11. The van der Waals surface area contributed by atoms with E-state index in [4.69, 9.17) is 4.74 Å². The van der Waals surface area contributed by atoms with E-state index in [9.17, 15) is 9.70 Å². The lowest BCUT2D eigenvalue weighted by atomic mass is 10.1. The molecular weight excluding hydrogens is 336 g/mol. The molecule has 0 bridgehead atoms. The van der Waals surface area contributed by atoms with E-state index in [0.29, 0.717) is 24.8 Å². The van der Waals surface area contributed by atoms with Gasteiger partial charge in [-0.1, -0.05) is 22.9 Å². The number of nitroso groups, excluding NO2 is 1. The number of benzene rings is 1. The molecule has 0 radical (unpaired) electrons. The summed E-state index contributed by atoms with van der Waals surface area (Å²) in [5.41, 5.74) is 1.33. The van der Waals surface area contributed by atoms with Gasteiger partial charge in [0.25, 0.3) is 0 Å². The number of halogens is 1. The molecular formula is C15H19BrN2O3. The van der Waals surface area contributed by atoms with E-state index >= 15 is 0 Å². The van der Waals surface area contributed by atoms with E-state index in [2.05, 4.69) is 26.0 Å². The standard InChI is InChI=1S/C15H19BrN2O3/c1-10(15(19)21-2)8-18(13-4-5-13)9-11-7-12(16)3-6-14(11)17-20/h3,6-7,10,13H,4-5,8-9H2,1-2H3. The van der Waals surface area contributed by atoms with Crippen LogP contribution in [0.3, 0.4) is 0 Å². The molecule has 1 unspecified atom stereocenters. The Balaban J connectivity index is 2.11. The molecule has 1 aliphatic rings. The van der Waals surface area contributed by atoms with Crippen molar-refractivity contribution in [3.8, 4) is 0 Å². The first-order chi connectivity index (χ1) is 10.0. The van der Waals surface area contributed by atoms with Crippen LogP contribution in [0, 0.1) is 10.8 Å². The zero-order valence-electron chi connectivity index (χ0n) is 12.2. The number of nitrogens with zero attached hydrogens (tertiary/aromatic N) is 2. The number of carbonyl (C=O) groups excluding carboxylic acids is 1. The number of rotatable bonds is 7. The average molecular weight is 355 g/mol. The molecule has 0 aromatic heterocycles. The van der Waals surface area contributed by atoms with Gasteiger partial charge >= 0.3 is 5.97 Å². The maximum Gasteiger partial charge on any atom is 0.309 e. The second-order valence-electron chi connectivity index (χ2n) is 5.45. The molecule has 114 valence electrons. The highest BCUT2D eigenvalue weighted by molar-refractivity contribution is 9.10. The number of esters is 1. The van der Waals surface area contributed by atoms with Crippen LogP contribution in [0.15, 0.2) is 27.8 Å². The molecule has 0 aliphatic heterocycles. The summed E-state index contributed by atoms with van der Waals surface area (Å²) >= 11 is 3.42. The van der Waals surface area contributed by atoms with Gasteiger partial charge in [0, 0.05) is 23.6 Å². The molecule has 1 fully saturated rings. The minimum absolute atomic E-state index is 0.185. The fraction of sp³-hybridized carbons (Fsp3) is 0.533. The van der Waals surface area contributed by atoms with Gasteiger partial charge in [0.1, 0.15) is 5.69 Å². The van der Waals surface area contributed by atoms with E-state index in [0.717, 1.165) is 22.9 Å². The van der Waals surface area contributed by atoms with Crippen LogP contribution in [0.1, 0.15) is 25.3 Å². The van der Waals surface area contributed by atoms with E-state index in [1.165, 1.54) is 7.11 Å². The summed E-state index contributed by atoms with van der Waals surface area (Å²) < 4.78 is 5.70. The second-order valence-corrected chi connectivity index (χ2v) is 6.36. The fourth-order valence-electron chi connectivity index (χ4n) is 2.40. The van der Waals surface area contributed by atoms with Gasteiger partial charge in [-0.2, -0.15) is 0 Å². The smallest absolute Gasteiger partial charge is 0.309 e. The SMILES string of the molecule is COC(=O)C(C)CN(Cc1cc(Br)ccc1N=O)C1CC1. The van der Waals surface area contributed by atoms with Crippen LogP contribution in [0.5, 0.6) is 0 Å². The summed E-state index contributed by atoms with van der Waals surface area (Å²) in [5.74, 6) is -0.390. The predicted molar refractivity (Wildman–Crippen MR) is 84.2 cm³/mol. The molecule has 0 saturated heterocycles. The Bertz CT molecular complexity index is 532. The van der Waals surface area contributed by atoms with Gasteiger partial charge in [-0.15, -0.1) is 4.91 Å². The summed E-state index contributed by atoms with van der Waals surface area (Å²) in [7, 11) is 1.41. The minimum atomic E-state index is -0.205. The minimum Gasteiger partial charge on any atom is -0.469 e. The van der Waals surface area contributed by atoms with E-state index in [1.807, 2.05) is 13.0 Å². The van der Waals surface area contributed by atoms with Gasteiger partial charge in [0.15, 0.2) is 0 Å². The normalized spacial score (nSPS) is 15.8. The maximum absolute atomic E-state index is 11.6. The van der Waals surface area contributed by atoms with Crippen LogP contribution in [-0.4, -0.2) is 30.6 Å². The Labute approximate surface area is 132 Å². The highest BCUT2D eigenvalue weighted by atomic mass is 79.9. The quantitative estimate of drug-likeness (QED) is 0.554. The maximum atomic E-state index is 11.6. The van der Waals surface area contributed by atoms with Crippen LogP contribution >= 0.6 is 15.9 Å². The lowest BCUT2D eigenvalue weighted by Crippen LogP contribution is -2.33. The summed E-state index contributed by atoms with van der Waals surface area (Å²) in [4.78, 5) is 24.8. The van der Waals surface area contributed by atoms with Crippen molar-refractivity contribution >= 4 is 27.6 Å². The first-order valence-electron chi connectivity index (χ1n) is 6.98. The van der Waals surface area contributed by atoms with Crippen molar-refractivity contribution in [1.82, 2.24) is 4.90 Å². The van der Waals surface area contributed by atoms with Crippen LogP contribution in [0.2, 0.25) is 0 Å². The number of ether oxygens (including phenoxy) is 1. The molecule has 0 N–H and O–H groups in total. The number of hydrogen-bond acceptors (Lipinski definition) is 5. The number of methoxy groups -OCH3 is 1. The molecule has 0 spiro atoms. The van der Waals surface area contributed by atoms with Crippen LogP contribution in [0.4, 0.5) is 5.69 Å². The second kappa shape index (κ2) is 7.13. The topological polar surface area (TPSA) is 59.0 Å². The number of hydrogen-bond donors (Lipinski definition) is 0.